The smallest absolute Gasteiger partial charge is 0.353 e. The maximum Gasteiger partial charge on any atom is 0.353 e. The lowest BCUT2D eigenvalue weighted by atomic mass is 9.79. The summed E-state index contributed by atoms with van der Waals surface area (Å²) in [5, 5.41) is 25.5. The summed E-state index contributed by atoms with van der Waals surface area (Å²) in [4.78, 5) is 49.4. The van der Waals surface area contributed by atoms with E-state index in [4.69, 9.17) is 0 Å². The molecular formula is C19H27N3O6S. The van der Waals surface area contributed by atoms with Gasteiger partial charge in [0, 0.05) is 35.6 Å². The second-order valence-electron chi connectivity index (χ2n) is 7.95. The Labute approximate surface area is 173 Å². The molecule has 0 bridgehead atoms. The van der Waals surface area contributed by atoms with Gasteiger partial charge in [-0.15, -0.1) is 11.8 Å². The Morgan fingerprint density at radius 3 is 2.66 bits per heavy atom. The van der Waals surface area contributed by atoms with Crippen LogP contribution in [0, 0.1) is 11.8 Å². The van der Waals surface area contributed by atoms with E-state index in [1.165, 1.54) is 23.6 Å². The number of aliphatic hydroxyl groups excluding tert-OH is 1. The van der Waals surface area contributed by atoms with Gasteiger partial charge in [-0.25, -0.2) is 4.79 Å². The number of nitrogens with one attached hydrogen (secondary N) is 2. The summed E-state index contributed by atoms with van der Waals surface area (Å²) in [6.07, 6.45) is -0.0153. The van der Waals surface area contributed by atoms with Crippen LogP contribution >= 0.6 is 11.8 Å². The first-order chi connectivity index (χ1) is 13.6. The van der Waals surface area contributed by atoms with Crippen molar-refractivity contribution in [1.29, 1.82) is 0 Å². The molecule has 2 saturated heterocycles. The minimum atomic E-state index is -1.15. The monoisotopic (exact) mass is 425 g/mol. The van der Waals surface area contributed by atoms with Crippen LogP contribution in [0.25, 0.3) is 0 Å². The summed E-state index contributed by atoms with van der Waals surface area (Å²) in [7, 11) is 0. The standard InChI is InChI=1S/C19H27N3O6S/c1-8(23)4-5-20-17(25)12-6-11(7-21-12)29-16-9(2)14-13(10(3)24)18(26)22(14)15(16)19(27)28/h9-14,21,24H,4-7H2,1-3H3,(H,20,25)(H,27,28)/t9-,10-,11+,12+,13-,14-/m1/s1. The molecule has 29 heavy (non-hydrogen) atoms. The molecule has 10 heteroatoms. The number of thioether (sulfide) groups is 1. The number of carbonyl (C=O) groups is 4. The fourth-order valence-electron chi connectivity index (χ4n) is 4.34. The Kier molecular flexibility index (Phi) is 6.35. The van der Waals surface area contributed by atoms with Crippen LogP contribution in [0.15, 0.2) is 10.6 Å². The minimum Gasteiger partial charge on any atom is -0.477 e. The molecule has 0 spiro atoms. The molecule has 9 nitrogen and oxygen atoms in total. The number of carboxylic acids is 1. The highest BCUT2D eigenvalue weighted by molar-refractivity contribution is 8.03. The molecule has 0 unspecified atom stereocenters. The lowest BCUT2D eigenvalue weighted by Gasteiger charge is -2.46. The van der Waals surface area contributed by atoms with Gasteiger partial charge in [0.15, 0.2) is 0 Å². The molecule has 3 rings (SSSR count). The van der Waals surface area contributed by atoms with Gasteiger partial charge in [0.1, 0.15) is 11.5 Å². The molecule has 160 valence electrons. The molecular weight excluding hydrogens is 398 g/mol. The number of carbonyl (C=O) groups excluding carboxylic acids is 3. The highest BCUT2D eigenvalue weighted by atomic mass is 32.2. The molecule has 3 aliphatic heterocycles. The number of ketones is 1. The number of fused-ring (bicyclic) bond motifs is 1. The van der Waals surface area contributed by atoms with Crippen molar-refractivity contribution in [2.24, 2.45) is 11.8 Å². The van der Waals surface area contributed by atoms with Gasteiger partial charge in [-0.2, -0.15) is 0 Å². The summed E-state index contributed by atoms with van der Waals surface area (Å²) in [6, 6.07) is -0.731. The zero-order chi connectivity index (χ0) is 21.5. The van der Waals surface area contributed by atoms with Gasteiger partial charge >= 0.3 is 5.97 Å². The third kappa shape index (κ3) is 4.06. The van der Waals surface area contributed by atoms with Crippen LogP contribution in [0.1, 0.15) is 33.6 Å². The van der Waals surface area contributed by atoms with Gasteiger partial charge in [-0.1, -0.05) is 6.92 Å². The summed E-state index contributed by atoms with van der Waals surface area (Å²) < 4.78 is 0. The number of aliphatic carboxylic acids is 1. The van der Waals surface area contributed by atoms with E-state index >= 15 is 0 Å². The van der Waals surface area contributed by atoms with E-state index in [0.29, 0.717) is 30.8 Å². The molecule has 6 atom stereocenters. The van der Waals surface area contributed by atoms with Gasteiger partial charge in [-0.05, 0) is 20.3 Å². The molecule has 0 aromatic carbocycles. The molecule has 0 aromatic heterocycles. The van der Waals surface area contributed by atoms with Crippen LogP contribution in [0.4, 0.5) is 0 Å². The zero-order valence-corrected chi connectivity index (χ0v) is 17.5. The number of carboxylic acid groups (broad SMARTS) is 1. The fourth-order valence-corrected chi connectivity index (χ4v) is 5.81. The lowest BCUT2D eigenvalue weighted by molar-refractivity contribution is -0.163. The van der Waals surface area contributed by atoms with E-state index in [1.54, 1.807) is 6.92 Å². The summed E-state index contributed by atoms with van der Waals surface area (Å²) in [5.74, 6) is -2.43. The Balaban J connectivity index is 1.65. The largest absolute Gasteiger partial charge is 0.477 e. The number of nitrogens with zero attached hydrogens (tertiary/aromatic N) is 1. The van der Waals surface area contributed by atoms with Gasteiger partial charge in [-0.3, -0.25) is 14.4 Å². The number of rotatable bonds is 8. The fraction of sp³-hybridized carbons (Fsp3) is 0.684. The number of hydrogen-bond acceptors (Lipinski definition) is 7. The number of amides is 2. The lowest BCUT2D eigenvalue weighted by Crippen LogP contribution is -2.63. The average Bonchev–Trinajstić information content (AvgIpc) is 3.17. The van der Waals surface area contributed by atoms with Crippen molar-refractivity contribution in [2.75, 3.05) is 13.1 Å². The first-order valence-corrected chi connectivity index (χ1v) is 10.7. The number of hydrogen-bond donors (Lipinski definition) is 4. The van der Waals surface area contributed by atoms with Crippen LogP contribution in [0.2, 0.25) is 0 Å². The van der Waals surface area contributed by atoms with Crippen molar-refractivity contribution in [2.45, 2.75) is 57.1 Å². The third-order valence-electron chi connectivity index (χ3n) is 5.79. The first kappa shape index (κ1) is 21.8. The molecule has 3 heterocycles. The second kappa shape index (κ2) is 8.45. The Morgan fingerprint density at radius 1 is 1.38 bits per heavy atom. The maximum absolute atomic E-state index is 12.4. The van der Waals surface area contributed by atoms with Crippen molar-refractivity contribution in [3.8, 4) is 0 Å². The SMILES string of the molecule is CC(=O)CCNC(=O)[C@@H]1C[C@H](SC2=C(C(=O)O)N3C(=O)[C@H]([C@@H](C)O)[C@H]3[C@H]2C)CN1. The molecule has 2 amide bonds. The first-order valence-electron chi connectivity index (χ1n) is 9.79. The topological polar surface area (TPSA) is 136 Å². The number of Topliss-reactive ketones (excluding diaryl/α,β-unsaturated/α-hetero) is 1. The second-order valence-corrected chi connectivity index (χ2v) is 9.29. The van der Waals surface area contributed by atoms with E-state index in [-0.39, 0.29) is 40.5 Å². The Hall–Kier alpha value is -1.91. The molecule has 0 radical (unpaired) electrons. The molecule has 3 aliphatic rings. The van der Waals surface area contributed by atoms with Crippen LogP contribution in [-0.2, 0) is 19.2 Å². The van der Waals surface area contributed by atoms with Crippen molar-refractivity contribution in [1.82, 2.24) is 15.5 Å². The molecule has 4 N–H and O–H groups in total. The van der Waals surface area contributed by atoms with E-state index in [9.17, 15) is 29.4 Å². The van der Waals surface area contributed by atoms with Crippen LogP contribution < -0.4 is 10.6 Å². The van der Waals surface area contributed by atoms with Crippen molar-refractivity contribution in [3.05, 3.63) is 10.6 Å². The van der Waals surface area contributed by atoms with Gasteiger partial charge in [0.05, 0.1) is 24.1 Å². The predicted octanol–water partition coefficient (Wildman–Crippen LogP) is -0.301. The summed E-state index contributed by atoms with van der Waals surface area (Å²) >= 11 is 1.40. The van der Waals surface area contributed by atoms with E-state index in [0.717, 1.165) is 0 Å². The van der Waals surface area contributed by atoms with Crippen molar-refractivity contribution in [3.63, 3.8) is 0 Å². The quantitative estimate of drug-likeness (QED) is 0.389. The number of aliphatic hydroxyl groups is 1. The van der Waals surface area contributed by atoms with Gasteiger partial charge < -0.3 is 25.7 Å². The zero-order valence-electron chi connectivity index (χ0n) is 16.7. The van der Waals surface area contributed by atoms with E-state index < -0.39 is 24.0 Å². The number of β-lactam (4-membered cyclic amide) rings is 1. The van der Waals surface area contributed by atoms with Gasteiger partial charge in [0.2, 0.25) is 11.8 Å². The van der Waals surface area contributed by atoms with Crippen LogP contribution in [-0.4, -0.2) is 75.2 Å². The van der Waals surface area contributed by atoms with Gasteiger partial charge in [0.25, 0.3) is 0 Å². The maximum atomic E-state index is 12.4. The molecule has 2 fully saturated rings. The Morgan fingerprint density at radius 2 is 2.07 bits per heavy atom. The predicted molar refractivity (Wildman–Crippen MR) is 106 cm³/mol. The summed E-state index contributed by atoms with van der Waals surface area (Å²) in [6.45, 7) is 5.74. The molecule has 0 aromatic rings. The highest BCUT2D eigenvalue weighted by Gasteiger charge is 2.60. The summed E-state index contributed by atoms with van der Waals surface area (Å²) in [5.41, 5.74) is 0.00348. The third-order valence-corrected chi connectivity index (χ3v) is 7.30. The van der Waals surface area contributed by atoms with E-state index in [1.807, 2.05) is 6.92 Å². The molecule has 0 aliphatic carbocycles. The molecule has 0 saturated carbocycles. The van der Waals surface area contributed by atoms with Crippen LogP contribution in [0.5, 0.6) is 0 Å². The minimum absolute atomic E-state index is 0.00348. The Bertz CT molecular complexity index is 767. The van der Waals surface area contributed by atoms with E-state index in [2.05, 4.69) is 10.6 Å². The average molecular weight is 426 g/mol. The van der Waals surface area contributed by atoms with Crippen molar-refractivity contribution >= 4 is 35.3 Å². The normalized spacial score (nSPS) is 32.1. The van der Waals surface area contributed by atoms with Crippen molar-refractivity contribution < 1.29 is 29.4 Å². The van der Waals surface area contributed by atoms with Crippen LogP contribution in [0.3, 0.4) is 0 Å². The highest BCUT2D eigenvalue weighted by Crippen LogP contribution is 2.51.